The van der Waals surface area contributed by atoms with E-state index in [9.17, 15) is 4.79 Å². The van der Waals surface area contributed by atoms with Gasteiger partial charge in [-0.3, -0.25) is 9.69 Å². The molecule has 1 heterocycles. The van der Waals surface area contributed by atoms with Crippen LogP contribution in [-0.4, -0.2) is 61.8 Å². The fourth-order valence-corrected chi connectivity index (χ4v) is 3.39. The third kappa shape index (κ3) is 7.04. The molecule has 25 heavy (non-hydrogen) atoms. The standard InChI is InChI=1S/C20H33N3O2/c1-2-3-7-11-22(13-14-24)17-20(25)21-15-18-10-12-23(16-18)19-8-5-4-6-9-19/h4-6,8-9,18,24H,2-3,7,10-17H2,1H3,(H,21,25). The highest BCUT2D eigenvalue weighted by Gasteiger charge is 2.23. The Morgan fingerprint density at radius 3 is 2.80 bits per heavy atom. The number of nitrogens with zero attached hydrogens (tertiary/aromatic N) is 2. The second kappa shape index (κ2) is 11.1. The summed E-state index contributed by atoms with van der Waals surface area (Å²) in [4.78, 5) is 16.7. The summed E-state index contributed by atoms with van der Waals surface area (Å²) in [5, 5.41) is 12.3. The van der Waals surface area contributed by atoms with E-state index >= 15 is 0 Å². The molecule has 1 unspecified atom stereocenters. The van der Waals surface area contributed by atoms with Crippen molar-refractivity contribution < 1.29 is 9.90 Å². The first-order valence-corrected chi connectivity index (χ1v) is 9.62. The van der Waals surface area contributed by atoms with E-state index in [4.69, 9.17) is 5.11 Å². The van der Waals surface area contributed by atoms with E-state index in [0.29, 0.717) is 19.0 Å². The lowest BCUT2D eigenvalue weighted by Crippen LogP contribution is -2.41. The number of carbonyl (C=O) groups is 1. The monoisotopic (exact) mass is 347 g/mol. The first kappa shape index (κ1) is 19.7. The minimum absolute atomic E-state index is 0.0723. The van der Waals surface area contributed by atoms with Crippen molar-refractivity contribution in [1.82, 2.24) is 10.2 Å². The topological polar surface area (TPSA) is 55.8 Å². The molecule has 2 rings (SSSR count). The van der Waals surface area contributed by atoms with E-state index in [-0.39, 0.29) is 12.5 Å². The second-order valence-corrected chi connectivity index (χ2v) is 6.95. The molecule has 1 aromatic carbocycles. The number of aliphatic hydroxyl groups is 1. The molecule has 1 aromatic rings. The van der Waals surface area contributed by atoms with Gasteiger partial charge in [-0.25, -0.2) is 0 Å². The lowest BCUT2D eigenvalue weighted by Gasteiger charge is -2.21. The lowest BCUT2D eigenvalue weighted by atomic mass is 10.1. The predicted octanol–water partition coefficient (Wildman–Crippen LogP) is 2.11. The van der Waals surface area contributed by atoms with Crippen molar-refractivity contribution in [2.24, 2.45) is 5.92 Å². The van der Waals surface area contributed by atoms with Crippen LogP contribution < -0.4 is 10.2 Å². The van der Waals surface area contributed by atoms with Gasteiger partial charge in [0.1, 0.15) is 0 Å². The molecule has 1 fully saturated rings. The van der Waals surface area contributed by atoms with Crippen molar-refractivity contribution in [1.29, 1.82) is 0 Å². The third-order valence-electron chi connectivity index (χ3n) is 4.86. The Balaban J connectivity index is 1.68. The number of benzene rings is 1. The van der Waals surface area contributed by atoms with Crippen LogP contribution in [0.15, 0.2) is 30.3 Å². The first-order valence-electron chi connectivity index (χ1n) is 9.62. The SMILES string of the molecule is CCCCCN(CCO)CC(=O)NCC1CCN(c2ccccc2)C1. The zero-order valence-corrected chi connectivity index (χ0v) is 15.5. The van der Waals surface area contributed by atoms with Gasteiger partial charge in [0.05, 0.1) is 13.2 Å². The molecule has 5 nitrogen and oxygen atoms in total. The van der Waals surface area contributed by atoms with E-state index in [2.05, 4.69) is 46.3 Å². The number of hydrogen-bond acceptors (Lipinski definition) is 4. The highest BCUT2D eigenvalue weighted by atomic mass is 16.3. The lowest BCUT2D eigenvalue weighted by molar-refractivity contribution is -0.122. The Labute approximate surface area is 152 Å². The number of amides is 1. The number of para-hydroxylation sites is 1. The third-order valence-corrected chi connectivity index (χ3v) is 4.86. The van der Waals surface area contributed by atoms with E-state index in [1.54, 1.807) is 0 Å². The van der Waals surface area contributed by atoms with E-state index in [1.165, 1.54) is 18.5 Å². The molecule has 1 aliphatic heterocycles. The number of rotatable bonds is 11. The van der Waals surface area contributed by atoms with Gasteiger partial charge >= 0.3 is 0 Å². The van der Waals surface area contributed by atoms with Gasteiger partial charge in [-0.2, -0.15) is 0 Å². The van der Waals surface area contributed by atoms with Crippen LogP contribution in [0.3, 0.4) is 0 Å². The van der Waals surface area contributed by atoms with Crippen molar-refractivity contribution >= 4 is 11.6 Å². The molecule has 0 aromatic heterocycles. The normalized spacial score (nSPS) is 17.2. The highest BCUT2D eigenvalue weighted by Crippen LogP contribution is 2.22. The molecule has 1 aliphatic rings. The Kier molecular flexibility index (Phi) is 8.77. The summed E-state index contributed by atoms with van der Waals surface area (Å²) < 4.78 is 0. The summed E-state index contributed by atoms with van der Waals surface area (Å²) in [6.45, 7) is 6.91. The van der Waals surface area contributed by atoms with Crippen LogP contribution in [0.2, 0.25) is 0 Å². The van der Waals surface area contributed by atoms with Gasteiger partial charge in [0.15, 0.2) is 0 Å². The number of aliphatic hydroxyl groups excluding tert-OH is 1. The fourth-order valence-electron chi connectivity index (χ4n) is 3.39. The maximum Gasteiger partial charge on any atom is 0.234 e. The zero-order chi connectivity index (χ0) is 17.9. The maximum atomic E-state index is 12.2. The van der Waals surface area contributed by atoms with Crippen LogP contribution in [0, 0.1) is 5.92 Å². The molecule has 1 saturated heterocycles. The van der Waals surface area contributed by atoms with Crippen LogP contribution in [0.4, 0.5) is 5.69 Å². The molecule has 0 bridgehead atoms. The summed E-state index contributed by atoms with van der Waals surface area (Å²) >= 11 is 0. The molecule has 1 atom stereocenters. The molecule has 1 amide bonds. The van der Waals surface area contributed by atoms with Crippen LogP contribution in [-0.2, 0) is 4.79 Å². The van der Waals surface area contributed by atoms with Crippen molar-refractivity contribution in [2.45, 2.75) is 32.6 Å². The van der Waals surface area contributed by atoms with E-state index in [0.717, 1.165) is 39.0 Å². The van der Waals surface area contributed by atoms with Crippen LogP contribution in [0.5, 0.6) is 0 Å². The van der Waals surface area contributed by atoms with Gasteiger partial charge in [0.25, 0.3) is 0 Å². The quantitative estimate of drug-likeness (QED) is 0.602. The Morgan fingerprint density at radius 1 is 1.28 bits per heavy atom. The average molecular weight is 348 g/mol. The average Bonchev–Trinajstić information content (AvgIpc) is 3.10. The molecule has 5 heteroatoms. The summed E-state index contributed by atoms with van der Waals surface area (Å²) in [7, 11) is 0. The highest BCUT2D eigenvalue weighted by molar-refractivity contribution is 5.78. The van der Waals surface area contributed by atoms with E-state index in [1.807, 2.05) is 6.07 Å². The minimum atomic E-state index is 0.0723. The zero-order valence-electron chi connectivity index (χ0n) is 15.5. The predicted molar refractivity (Wildman–Crippen MR) is 103 cm³/mol. The largest absolute Gasteiger partial charge is 0.395 e. The van der Waals surface area contributed by atoms with Crippen LogP contribution >= 0.6 is 0 Å². The summed E-state index contributed by atoms with van der Waals surface area (Å²) in [5.41, 5.74) is 1.27. The summed E-state index contributed by atoms with van der Waals surface area (Å²) in [6, 6.07) is 10.5. The smallest absolute Gasteiger partial charge is 0.234 e. The van der Waals surface area contributed by atoms with Crippen molar-refractivity contribution in [3.8, 4) is 0 Å². The Bertz CT molecular complexity index is 495. The summed E-state index contributed by atoms with van der Waals surface area (Å²) in [5.74, 6) is 0.582. The van der Waals surface area contributed by atoms with Gasteiger partial charge in [0.2, 0.25) is 5.91 Å². The van der Waals surface area contributed by atoms with Crippen molar-refractivity contribution in [3.63, 3.8) is 0 Å². The Hall–Kier alpha value is -1.59. The maximum absolute atomic E-state index is 12.2. The van der Waals surface area contributed by atoms with Crippen molar-refractivity contribution in [2.75, 3.05) is 50.8 Å². The number of anilines is 1. The van der Waals surface area contributed by atoms with E-state index < -0.39 is 0 Å². The second-order valence-electron chi connectivity index (χ2n) is 6.95. The number of hydrogen-bond donors (Lipinski definition) is 2. The van der Waals surface area contributed by atoms with Gasteiger partial charge in [0, 0.05) is 31.9 Å². The van der Waals surface area contributed by atoms with Crippen LogP contribution in [0.25, 0.3) is 0 Å². The minimum Gasteiger partial charge on any atom is -0.395 e. The Morgan fingerprint density at radius 2 is 2.08 bits per heavy atom. The van der Waals surface area contributed by atoms with Gasteiger partial charge < -0.3 is 15.3 Å². The van der Waals surface area contributed by atoms with Gasteiger partial charge in [-0.15, -0.1) is 0 Å². The molecule has 140 valence electrons. The molecular formula is C20H33N3O2. The number of carbonyl (C=O) groups excluding carboxylic acids is 1. The fraction of sp³-hybridized carbons (Fsp3) is 0.650. The van der Waals surface area contributed by atoms with Gasteiger partial charge in [-0.05, 0) is 37.4 Å². The molecular weight excluding hydrogens is 314 g/mol. The number of nitrogens with one attached hydrogen (secondary N) is 1. The van der Waals surface area contributed by atoms with Crippen LogP contribution in [0.1, 0.15) is 32.6 Å². The van der Waals surface area contributed by atoms with Crippen molar-refractivity contribution in [3.05, 3.63) is 30.3 Å². The molecule has 2 N–H and O–H groups in total. The summed E-state index contributed by atoms with van der Waals surface area (Å²) in [6.07, 6.45) is 4.53. The molecule has 0 spiro atoms. The first-order chi connectivity index (χ1) is 12.2. The molecule has 0 aliphatic carbocycles. The molecule has 0 radical (unpaired) electrons. The number of unbranched alkanes of at least 4 members (excludes halogenated alkanes) is 2. The molecule has 0 saturated carbocycles. The van der Waals surface area contributed by atoms with Gasteiger partial charge in [-0.1, -0.05) is 38.0 Å².